The molecule has 7 nitrogen and oxygen atoms in total. The molecule has 1 aromatic carbocycles. The first kappa shape index (κ1) is 15.2. The Hall–Kier alpha value is -2.18. The molecule has 0 unspecified atom stereocenters. The van der Waals surface area contributed by atoms with Crippen LogP contribution < -0.4 is 10.0 Å². The summed E-state index contributed by atoms with van der Waals surface area (Å²) in [5, 5.41) is 11.5. The van der Waals surface area contributed by atoms with Gasteiger partial charge in [-0.05, 0) is 34.1 Å². The average molecular weight is 368 g/mol. The maximum atomic E-state index is 12.2. The van der Waals surface area contributed by atoms with Crippen molar-refractivity contribution in [2.45, 2.75) is 4.90 Å². The largest absolute Gasteiger partial charge is 0.357 e. The SMILES string of the molecule is CNc1ncc(S(=O)(=O)Nc2ccc(C#N)cc2Br)cn1. The summed E-state index contributed by atoms with van der Waals surface area (Å²) in [6.07, 6.45) is 2.41. The molecule has 0 saturated heterocycles. The summed E-state index contributed by atoms with van der Waals surface area (Å²) in [7, 11) is -2.16. The third-order valence-corrected chi connectivity index (χ3v) is 4.48. The van der Waals surface area contributed by atoms with Gasteiger partial charge in [-0.15, -0.1) is 0 Å². The molecule has 0 spiro atoms. The van der Waals surface area contributed by atoms with E-state index in [2.05, 4.69) is 35.9 Å². The van der Waals surface area contributed by atoms with Gasteiger partial charge in [-0.3, -0.25) is 4.72 Å². The summed E-state index contributed by atoms with van der Waals surface area (Å²) in [6.45, 7) is 0. The molecule has 2 N–H and O–H groups in total. The predicted octanol–water partition coefficient (Wildman–Crippen LogP) is 1.95. The van der Waals surface area contributed by atoms with Crippen LogP contribution in [0.4, 0.5) is 11.6 Å². The standard InChI is InChI=1S/C12H10BrN5O2S/c1-15-12-16-6-9(7-17-12)21(19,20)18-11-3-2-8(5-14)4-10(11)13/h2-4,6-7,18H,1H3,(H,15,16,17). The van der Waals surface area contributed by atoms with E-state index in [1.807, 2.05) is 6.07 Å². The van der Waals surface area contributed by atoms with Crippen molar-refractivity contribution in [1.82, 2.24) is 9.97 Å². The Labute approximate surface area is 130 Å². The minimum absolute atomic E-state index is 0.0576. The van der Waals surface area contributed by atoms with Gasteiger partial charge in [0.15, 0.2) is 0 Å². The van der Waals surface area contributed by atoms with Crippen LogP contribution in [0.25, 0.3) is 0 Å². The minimum atomic E-state index is -3.80. The maximum Gasteiger partial charge on any atom is 0.265 e. The molecule has 0 aliphatic heterocycles. The van der Waals surface area contributed by atoms with Crippen molar-refractivity contribution < 1.29 is 8.42 Å². The first-order valence-electron chi connectivity index (χ1n) is 5.68. The molecule has 0 aliphatic rings. The molecule has 0 amide bonds. The van der Waals surface area contributed by atoms with E-state index in [0.717, 1.165) is 0 Å². The number of anilines is 2. The molecule has 0 atom stereocenters. The number of nitriles is 1. The highest BCUT2D eigenvalue weighted by atomic mass is 79.9. The zero-order chi connectivity index (χ0) is 15.5. The predicted molar refractivity (Wildman–Crippen MR) is 81.2 cm³/mol. The van der Waals surface area contributed by atoms with Crippen molar-refractivity contribution in [3.8, 4) is 6.07 Å². The summed E-state index contributed by atoms with van der Waals surface area (Å²) >= 11 is 3.22. The number of aromatic nitrogens is 2. The Kier molecular flexibility index (Phi) is 4.40. The molecular weight excluding hydrogens is 358 g/mol. The zero-order valence-electron chi connectivity index (χ0n) is 10.8. The van der Waals surface area contributed by atoms with E-state index in [9.17, 15) is 8.42 Å². The summed E-state index contributed by atoms with van der Waals surface area (Å²) in [5.41, 5.74) is 0.748. The number of benzene rings is 1. The molecule has 0 bridgehead atoms. The van der Waals surface area contributed by atoms with Crippen LogP contribution in [0.5, 0.6) is 0 Å². The number of hydrogen-bond donors (Lipinski definition) is 2. The highest BCUT2D eigenvalue weighted by molar-refractivity contribution is 9.10. The lowest BCUT2D eigenvalue weighted by molar-refractivity contribution is 0.600. The molecule has 2 rings (SSSR count). The van der Waals surface area contributed by atoms with Gasteiger partial charge in [-0.25, -0.2) is 18.4 Å². The smallest absolute Gasteiger partial charge is 0.265 e. The Bertz CT molecular complexity index is 799. The Balaban J connectivity index is 2.30. The van der Waals surface area contributed by atoms with Gasteiger partial charge in [-0.1, -0.05) is 0 Å². The number of halogens is 1. The second kappa shape index (κ2) is 6.07. The van der Waals surface area contributed by atoms with Gasteiger partial charge in [-0.2, -0.15) is 5.26 Å². The van der Waals surface area contributed by atoms with Crippen molar-refractivity contribution in [2.24, 2.45) is 0 Å². The first-order chi connectivity index (χ1) is 9.96. The van der Waals surface area contributed by atoms with Gasteiger partial charge < -0.3 is 5.32 Å². The van der Waals surface area contributed by atoms with Crippen LogP contribution in [-0.2, 0) is 10.0 Å². The third-order valence-electron chi connectivity index (χ3n) is 2.50. The van der Waals surface area contributed by atoms with Gasteiger partial charge in [0, 0.05) is 11.5 Å². The second-order valence-corrected chi connectivity index (χ2v) is 6.44. The average Bonchev–Trinajstić information content (AvgIpc) is 2.49. The van der Waals surface area contributed by atoms with E-state index in [1.165, 1.54) is 30.6 Å². The molecule has 21 heavy (non-hydrogen) atoms. The van der Waals surface area contributed by atoms with E-state index in [1.54, 1.807) is 7.05 Å². The number of nitrogens with zero attached hydrogens (tertiary/aromatic N) is 3. The number of hydrogen-bond acceptors (Lipinski definition) is 6. The van der Waals surface area contributed by atoms with Crippen LogP contribution in [0, 0.1) is 11.3 Å². The summed E-state index contributed by atoms with van der Waals surface area (Å²) in [4.78, 5) is 7.66. The van der Waals surface area contributed by atoms with Crippen molar-refractivity contribution in [3.05, 3.63) is 40.6 Å². The van der Waals surface area contributed by atoms with E-state index < -0.39 is 10.0 Å². The van der Waals surface area contributed by atoms with E-state index >= 15 is 0 Å². The zero-order valence-corrected chi connectivity index (χ0v) is 13.2. The molecule has 0 saturated carbocycles. The fourth-order valence-electron chi connectivity index (χ4n) is 1.46. The van der Waals surface area contributed by atoms with Gasteiger partial charge in [0.1, 0.15) is 4.90 Å². The Morgan fingerprint density at radius 2 is 1.95 bits per heavy atom. The highest BCUT2D eigenvalue weighted by Crippen LogP contribution is 2.25. The number of rotatable bonds is 4. The molecule has 108 valence electrons. The van der Waals surface area contributed by atoms with Crippen LogP contribution in [0.3, 0.4) is 0 Å². The quantitative estimate of drug-likeness (QED) is 0.854. The monoisotopic (exact) mass is 367 g/mol. The van der Waals surface area contributed by atoms with Gasteiger partial charge >= 0.3 is 0 Å². The van der Waals surface area contributed by atoms with Gasteiger partial charge in [0.25, 0.3) is 10.0 Å². The van der Waals surface area contributed by atoms with Crippen LogP contribution >= 0.6 is 15.9 Å². The molecule has 1 heterocycles. The van der Waals surface area contributed by atoms with Crippen molar-refractivity contribution in [2.75, 3.05) is 17.1 Å². The normalized spacial score (nSPS) is 10.7. The Morgan fingerprint density at radius 1 is 1.29 bits per heavy atom. The van der Waals surface area contributed by atoms with Crippen LogP contribution in [0.1, 0.15) is 5.56 Å². The van der Waals surface area contributed by atoms with Gasteiger partial charge in [0.2, 0.25) is 5.95 Å². The second-order valence-electron chi connectivity index (χ2n) is 3.90. The number of sulfonamides is 1. The fraction of sp³-hybridized carbons (Fsp3) is 0.0833. The minimum Gasteiger partial charge on any atom is -0.357 e. The van der Waals surface area contributed by atoms with E-state index in [4.69, 9.17) is 5.26 Å². The van der Waals surface area contributed by atoms with E-state index in [-0.39, 0.29) is 4.90 Å². The Morgan fingerprint density at radius 3 is 2.48 bits per heavy atom. The third kappa shape index (κ3) is 3.48. The topological polar surface area (TPSA) is 108 Å². The highest BCUT2D eigenvalue weighted by Gasteiger charge is 2.17. The molecule has 9 heteroatoms. The lowest BCUT2D eigenvalue weighted by Crippen LogP contribution is -2.14. The molecule has 2 aromatic rings. The first-order valence-corrected chi connectivity index (χ1v) is 7.96. The molecular formula is C12H10BrN5O2S. The van der Waals surface area contributed by atoms with E-state index in [0.29, 0.717) is 21.7 Å². The number of nitrogens with one attached hydrogen (secondary N) is 2. The molecule has 0 fully saturated rings. The molecule has 1 aromatic heterocycles. The lowest BCUT2D eigenvalue weighted by atomic mass is 10.2. The molecule has 0 radical (unpaired) electrons. The summed E-state index contributed by atoms with van der Waals surface area (Å²) in [6, 6.07) is 6.51. The van der Waals surface area contributed by atoms with Crippen LogP contribution in [0.15, 0.2) is 40.0 Å². The van der Waals surface area contributed by atoms with Crippen LogP contribution in [-0.4, -0.2) is 25.4 Å². The van der Waals surface area contributed by atoms with Crippen molar-refractivity contribution in [3.63, 3.8) is 0 Å². The lowest BCUT2D eigenvalue weighted by Gasteiger charge is -2.09. The van der Waals surface area contributed by atoms with Crippen molar-refractivity contribution in [1.29, 1.82) is 5.26 Å². The maximum absolute atomic E-state index is 12.2. The summed E-state index contributed by atoms with van der Waals surface area (Å²) < 4.78 is 27.3. The summed E-state index contributed by atoms with van der Waals surface area (Å²) in [5.74, 6) is 0.327. The van der Waals surface area contributed by atoms with Crippen molar-refractivity contribution >= 4 is 37.6 Å². The molecule has 0 aliphatic carbocycles. The van der Waals surface area contributed by atoms with Gasteiger partial charge in [0.05, 0.1) is 29.7 Å². The van der Waals surface area contributed by atoms with Crippen LogP contribution in [0.2, 0.25) is 0 Å². The fourth-order valence-corrected chi connectivity index (χ4v) is 3.03.